The number of rotatable bonds is 0. The highest BCUT2D eigenvalue weighted by Crippen LogP contribution is 2.19. The van der Waals surface area contributed by atoms with Crippen molar-refractivity contribution in [2.24, 2.45) is 0 Å². The number of hydrogen-bond acceptors (Lipinski definition) is 5. The second-order valence-corrected chi connectivity index (χ2v) is 6.09. The number of allylic oxidation sites excluding steroid dienone is 2. The fraction of sp³-hybridized carbons (Fsp3) is 0.278. The molecule has 3 N–H and O–H groups in total. The number of nitrogen functional groups attached to an aromatic ring is 1. The first-order valence-electron chi connectivity index (χ1n) is 8.32. The number of aromatic amines is 1. The lowest BCUT2D eigenvalue weighted by molar-refractivity contribution is 0.289. The Hall–Kier alpha value is -3.09. The van der Waals surface area contributed by atoms with Crippen molar-refractivity contribution in [2.45, 2.75) is 25.8 Å². The van der Waals surface area contributed by atoms with Gasteiger partial charge in [0.15, 0.2) is 11.5 Å². The van der Waals surface area contributed by atoms with Crippen LogP contribution in [-0.2, 0) is 13.0 Å². The van der Waals surface area contributed by atoms with Gasteiger partial charge in [-0.1, -0.05) is 36.4 Å². The molecular formula is C18H19N5O2. The fourth-order valence-corrected chi connectivity index (χ4v) is 2.98. The summed E-state index contributed by atoms with van der Waals surface area (Å²) in [5, 5.41) is 0. The van der Waals surface area contributed by atoms with Crippen LogP contribution in [0.1, 0.15) is 24.0 Å². The molecule has 0 amide bonds. The molecule has 0 spiro atoms. The molecule has 4 bridgehead atoms. The van der Waals surface area contributed by atoms with Gasteiger partial charge in [0.1, 0.15) is 5.52 Å². The van der Waals surface area contributed by atoms with Gasteiger partial charge in [0, 0.05) is 0 Å². The van der Waals surface area contributed by atoms with Crippen molar-refractivity contribution in [2.75, 3.05) is 12.3 Å². The molecule has 0 fully saturated rings. The Morgan fingerprint density at radius 1 is 1.20 bits per heavy atom. The lowest BCUT2D eigenvalue weighted by atomic mass is 10.1. The Morgan fingerprint density at radius 3 is 3.00 bits per heavy atom. The zero-order chi connectivity index (χ0) is 17.2. The number of nitrogens with two attached hydrogens (primary N) is 1. The lowest BCUT2D eigenvalue weighted by Gasteiger charge is -2.07. The quantitative estimate of drug-likeness (QED) is 0.612. The molecule has 0 unspecified atom stereocenters. The molecular weight excluding hydrogens is 318 g/mol. The van der Waals surface area contributed by atoms with Gasteiger partial charge in [0.05, 0.1) is 13.2 Å². The smallest absolute Gasteiger partial charge is 0.328 e. The van der Waals surface area contributed by atoms with Crippen LogP contribution >= 0.6 is 0 Å². The van der Waals surface area contributed by atoms with E-state index < -0.39 is 0 Å². The monoisotopic (exact) mass is 337 g/mol. The average Bonchev–Trinajstić information content (AvgIpc) is 2.90. The van der Waals surface area contributed by atoms with Crippen LogP contribution in [0, 0.1) is 0 Å². The van der Waals surface area contributed by atoms with Crippen molar-refractivity contribution in [1.29, 1.82) is 0 Å². The topological polar surface area (TPSA) is 98.8 Å². The SMILES string of the molecule is Nc1nc2nc3c1[nH]c(=O)n3Cc1cccc(c1)C/C=C/CCCO2. The molecule has 0 atom stereocenters. The van der Waals surface area contributed by atoms with Crippen LogP contribution in [0.5, 0.6) is 6.01 Å². The minimum atomic E-state index is -0.261. The van der Waals surface area contributed by atoms with Crippen molar-refractivity contribution >= 4 is 17.0 Å². The Balaban J connectivity index is 1.85. The van der Waals surface area contributed by atoms with E-state index >= 15 is 0 Å². The summed E-state index contributed by atoms with van der Waals surface area (Å²) in [6, 6.07) is 8.40. The molecule has 4 rings (SSSR count). The summed E-state index contributed by atoms with van der Waals surface area (Å²) < 4.78 is 7.18. The molecule has 1 aromatic carbocycles. The van der Waals surface area contributed by atoms with E-state index in [1.54, 1.807) is 4.57 Å². The predicted molar refractivity (Wildman–Crippen MR) is 95.7 cm³/mol. The highest BCUT2D eigenvalue weighted by molar-refractivity contribution is 5.81. The molecule has 1 aliphatic heterocycles. The number of H-pyrrole nitrogens is 1. The van der Waals surface area contributed by atoms with E-state index in [0.717, 1.165) is 24.8 Å². The maximum atomic E-state index is 12.4. The third-order valence-corrected chi connectivity index (χ3v) is 4.23. The van der Waals surface area contributed by atoms with Gasteiger partial charge in [-0.2, -0.15) is 9.97 Å². The summed E-state index contributed by atoms with van der Waals surface area (Å²) in [6.07, 6.45) is 6.97. The minimum Gasteiger partial charge on any atom is -0.463 e. The lowest BCUT2D eigenvalue weighted by Crippen LogP contribution is -2.18. The molecule has 0 saturated carbocycles. The first-order chi connectivity index (χ1) is 12.2. The number of aromatic nitrogens is 4. The zero-order valence-electron chi connectivity index (χ0n) is 13.7. The molecule has 0 saturated heterocycles. The van der Waals surface area contributed by atoms with Crippen LogP contribution in [0.25, 0.3) is 11.2 Å². The van der Waals surface area contributed by atoms with Crippen molar-refractivity contribution in [3.63, 3.8) is 0 Å². The van der Waals surface area contributed by atoms with E-state index in [1.165, 1.54) is 5.56 Å². The van der Waals surface area contributed by atoms with E-state index in [-0.39, 0.29) is 17.5 Å². The Bertz CT molecular complexity index is 1000. The maximum Gasteiger partial charge on any atom is 0.328 e. The van der Waals surface area contributed by atoms with Crippen LogP contribution in [0.2, 0.25) is 0 Å². The van der Waals surface area contributed by atoms with Gasteiger partial charge in [0.25, 0.3) is 0 Å². The largest absolute Gasteiger partial charge is 0.463 e. The summed E-state index contributed by atoms with van der Waals surface area (Å²) >= 11 is 0. The molecule has 7 heteroatoms. The van der Waals surface area contributed by atoms with Crippen molar-refractivity contribution in [3.05, 3.63) is 58.0 Å². The van der Waals surface area contributed by atoms with E-state index in [4.69, 9.17) is 10.5 Å². The number of imidazole rings is 1. The average molecular weight is 337 g/mol. The summed E-state index contributed by atoms with van der Waals surface area (Å²) in [5.41, 5.74) is 8.86. The number of nitrogens with zero attached hydrogens (tertiary/aromatic N) is 3. The molecule has 128 valence electrons. The zero-order valence-corrected chi connectivity index (χ0v) is 13.7. The predicted octanol–water partition coefficient (Wildman–Crippen LogP) is 2.02. The van der Waals surface area contributed by atoms with E-state index in [1.807, 2.05) is 12.1 Å². The summed E-state index contributed by atoms with van der Waals surface area (Å²) in [5.74, 6) is 0.216. The Morgan fingerprint density at radius 2 is 2.08 bits per heavy atom. The molecule has 0 aliphatic carbocycles. The fourth-order valence-electron chi connectivity index (χ4n) is 2.98. The van der Waals surface area contributed by atoms with E-state index in [2.05, 4.69) is 39.2 Å². The highest BCUT2D eigenvalue weighted by Gasteiger charge is 2.15. The molecule has 3 aromatic rings. The normalized spacial score (nSPS) is 16.2. The number of anilines is 1. The first kappa shape index (κ1) is 15.4. The standard InChI is InChI=1S/C18H19N5O2/c19-15-14-16-22-17(21-15)25-9-4-2-1-3-6-12-7-5-8-13(10-12)11-23(16)18(24)20-14/h1,3,5,7-8,10H,2,4,6,9,11H2,(H,20,24)(H2,19,21,22)/b3-1+. The Labute approximate surface area is 144 Å². The van der Waals surface area contributed by atoms with Gasteiger partial charge in [-0.3, -0.25) is 4.57 Å². The second-order valence-electron chi connectivity index (χ2n) is 6.09. The molecule has 0 radical (unpaired) electrons. The van der Waals surface area contributed by atoms with Gasteiger partial charge < -0.3 is 15.5 Å². The number of fused-ring (bicyclic) bond motifs is 3. The van der Waals surface area contributed by atoms with Gasteiger partial charge in [-0.15, -0.1) is 0 Å². The van der Waals surface area contributed by atoms with Crippen LogP contribution in [0.3, 0.4) is 0 Å². The third-order valence-electron chi connectivity index (χ3n) is 4.23. The minimum absolute atomic E-state index is 0.199. The summed E-state index contributed by atoms with van der Waals surface area (Å²) in [4.78, 5) is 23.6. The number of ether oxygens (including phenoxy) is 1. The maximum absolute atomic E-state index is 12.4. The number of nitrogens with one attached hydrogen (secondary N) is 1. The summed E-state index contributed by atoms with van der Waals surface area (Å²) in [7, 11) is 0. The van der Waals surface area contributed by atoms with Crippen molar-refractivity contribution in [3.8, 4) is 6.01 Å². The number of hydrogen-bond donors (Lipinski definition) is 2. The van der Waals surface area contributed by atoms with Crippen LogP contribution in [0.15, 0.2) is 41.2 Å². The molecule has 25 heavy (non-hydrogen) atoms. The molecule has 7 nitrogen and oxygen atoms in total. The number of benzene rings is 1. The van der Waals surface area contributed by atoms with Gasteiger partial charge in [0.2, 0.25) is 0 Å². The molecule has 1 aliphatic rings. The molecule has 3 heterocycles. The van der Waals surface area contributed by atoms with Gasteiger partial charge >= 0.3 is 11.7 Å². The van der Waals surface area contributed by atoms with Crippen molar-refractivity contribution in [1.82, 2.24) is 19.5 Å². The molecule has 2 aromatic heterocycles. The van der Waals surface area contributed by atoms with Gasteiger partial charge in [-0.05, 0) is 30.4 Å². The van der Waals surface area contributed by atoms with Crippen LogP contribution in [0.4, 0.5) is 5.82 Å². The van der Waals surface area contributed by atoms with Crippen LogP contribution < -0.4 is 16.2 Å². The second kappa shape index (κ2) is 6.43. The van der Waals surface area contributed by atoms with E-state index in [0.29, 0.717) is 24.3 Å². The van der Waals surface area contributed by atoms with Crippen LogP contribution in [-0.4, -0.2) is 26.1 Å². The third kappa shape index (κ3) is 3.13. The van der Waals surface area contributed by atoms with Gasteiger partial charge in [-0.25, -0.2) is 4.79 Å². The van der Waals surface area contributed by atoms with E-state index in [9.17, 15) is 4.79 Å². The van der Waals surface area contributed by atoms with Crippen molar-refractivity contribution < 1.29 is 4.74 Å². The highest BCUT2D eigenvalue weighted by atomic mass is 16.5. The first-order valence-corrected chi connectivity index (χ1v) is 8.32. The Kier molecular flexibility index (Phi) is 3.97. The summed E-state index contributed by atoms with van der Waals surface area (Å²) in [6.45, 7) is 0.907.